The van der Waals surface area contributed by atoms with Crippen LogP contribution in [0.2, 0.25) is 0 Å². The Labute approximate surface area is 175 Å². The molecule has 7 heteroatoms. The second-order valence-electron chi connectivity index (χ2n) is 7.36. The Kier molecular flexibility index (Phi) is 5.79. The van der Waals surface area contributed by atoms with Crippen LogP contribution in [0.25, 0.3) is 0 Å². The van der Waals surface area contributed by atoms with Gasteiger partial charge in [0.25, 0.3) is 5.91 Å². The first-order valence-corrected chi connectivity index (χ1v) is 10.1. The van der Waals surface area contributed by atoms with Crippen molar-refractivity contribution in [2.45, 2.75) is 19.4 Å². The number of carbonyl (C=O) groups excluding carboxylic acids is 2. The minimum Gasteiger partial charge on any atom is -0.338 e. The third-order valence-electron chi connectivity index (χ3n) is 5.31. The fraction of sp³-hybridized carbons (Fsp3) is 0.261. The third kappa shape index (κ3) is 4.35. The van der Waals surface area contributed by atoms with Crippen molar-refractivity contribution in [2.75, 3.05) is 18.4 Å². The van der Waals surface area contributed by atoms with Gasteiger partial charge >= 0.3 is 6.03 Å². The van der Waals surface area contributed by atoms with Crippen molar-refractivity contribution < 1.29 is 9.59 Å². The van der Waals surface area contributed by atoms with Crippen molar-refractivity contribution in [2.24, 2.45) is 7.05 Å². The molecule has 1 aliphatic rings. The van der Waals surface area contributed by atoms with Gasteiger partial charge in [0.05, 0.1) is 6.54 Å². The number of aryl methyl sites for hydroxylation is 1. The van der Waals surface area contributed by atoms with Gasteiger partial charge in [-0.2, -0.15) is 5.10 Å². The van der Waals surface area contributed by atoms with E-state index < -0.39 is 0 Å². The van der Waals surface area contributed by atoms with Crippen molar-refractivity contribution in [1.82, 2.24) is 20.0 Å². The number of rotatable bonds is 5. The Morgan fingerprint density at radius 3 is 2.47 bits per heavy atom. The second kappa shape index (κ2) is 8.82. The van der Waals surface area contributed by atoms with Gasteiger partial charge in [-0.25, -0.2) is 4.79 Å². The highest BCUT2D eigenvalue weighted by atomic mass is 16.2. The van der Waals surface area contributed by atoms with Crippen LogP contribution < -0.4 is 10.6 Å². The summed E-state index contributed by atoms with van der Waals surface area (Å²) in [5.41, 5.74) is 4.09. The van der Waals surface area contributed by atoms with E-state index in [4.69, 9.17) is 0 Å². The molecule has 2 aromatic carbocycles. The molecule has 1 aliphatic heterocycles. The number of hydrogen-bond acceptors (Lipinski definition) is 3. The predicted octanol–water partition coefficient (Wildman–Crippen LogP) is 2.98. The van der Waals surface area contributed by atoms with E-state index in [-0.39, 0.29) is 11.9 Å². The van der Waals surface area contributed by atoms with E-state index in [1.54, 1.807) is 9.58 Å². The van der Waals surface area contributed by atoms with Crippen LogP contribution in [0.5, 0.6) is 0 Å². The molecule has 0 radical (unpaired) electrons. The maximum atomic E-state index is 12.8. The van der Waals surface area contributed by atoms with E-state index in [2.05, 4.69) is 15.7 Å². The fourth-order valence-corrected chi connectivity index (χ4v) is 3.73. The van der Waals surface area contributed by atoms with Gasteiger partial charge in [0.2, 0.25) is 0 Å². The van der Waals surface area contributed by atoms with Crippen LogP contribution >= 0.6 is 0 Å². The largest absolute Gasteiger partial charge is 0.338 e. The highest BCUT2D eigenvalue weighted by Gasteiger charge is 2.29. The lowest BCUT2D eigenvalue weighted by atomic mass is 10.0. The zero-order valence-electron chi connectivity index (χ0n) is 17.0. The molecule has 0 saturated heterocycles. The highest BCUT2D eigenvalue weighted by Crippen LogP contribution is 2.23. The van der Waals surface area contributed by atoms with Crippen LogP contribution in [0.15, 0.2) is 60.7 Å². The molecule has 3 amide bonds. The summed E-state index contributed by atoms with van der Waals surface area (Å²) in [6, 6.07) is 19.2. The van der Waals surface area contributed by atoms with E-state index in [1.165, 1.54) is 5.56 Å². The summed E-state index contributed by atoms with van der Waals surface area (Å²) in [5, 5.41) is 10.3. The van der Waals surface area contributed by atoms with Crippen LogP contribution in [0, 0.1) is 0 Å². The first kappa shape index (κ1) is 19.7. The van der Waals surface area contributed by atoms with Crippen molar-refractivity contribution >= 4 is 17.6 Å². The second-order valence-corrected chi connectivity index (χ2v) is 7.36. The topological polar surface area (TPSA) is 79.3 Å². The van der Waals surface area contributed by atoms with Gasteiger partial charge in [-0.15, -0.1) is 0 Å². The summed E-state index contributed by atoms with van der Waals surface area (Å²) in [6.45, 7) is 1.54. The Hall–Kier alpha value is -3.61. The van der Waals surface area contributed by atoms with E-state index in [0.717, 1.165) is 17.7 Å². The smallest absolute Gasteiger partial charge is 0.317 e. The summed E-state index contributed by atoms with van der Waals surface area (Å²) in [5.74, 6) is -0.260. The Bertz CT molecular complexity index is 1030. The molecule has 2 N–H and O–H groups in total. The maximum absolute atomic E-state index is 12.8. The van der Waals surface area contributed by atoms with Crippen LogP contribution in [0.1, 0.15) is 27.3 Å². The Morgan fingerprint density at radius 2 is 1.73 bits per heavy atom. The molecule has 0 bridgehead atoms. The average Bonchev–Trinajstić information content (AvgIpc) is 3.11. The summed E-state index contributed by atoms with van der Waals surface area (Å²) in [7, 11) is 1.84. The number of para-hydroxylation sites is 1. The SMILES string of the molecule is Cn1nc(C(=O)Nc2ccccc2)c2c1CCN(C(=O)NCCc1ccccc1)C2. The molecular weight excluding hydrogens is 378 g/mol. The molecule has 0 spiro atoms. The van der Waals surface area contributed by atoms with E-state index in [9.17, 15) is 9.59 Å². The quantitative estimate of drug-likeness (QED) is 0.687. The van der Waals surface area contributed by atoms with Crippen molar-refractivity contribution in [1.29, 1.82) is 0 Å². The molecule has 3 aromatic rings. The normalized spacial score (nSPS) is 12.9. The standard InChI is InChI=1S/C23H25N5O2/c1-27-20-13-15-28(23(30)24-14-12-17-8-4-2-5-9-17)16-19(20)21(26-27)22(29)25-18-10-6-3-7-11-18/h2-11H,12-16H2,1H3,(H,24,30)(H,25,29). The van der Waals surface area contributed by atoms with Crippen molar-refractivity contribution in [3.8, 4) is 0 Å². The summed E-state index contributed by atoms with van der Waals surface area (Å²) in [6.07, 6.45) is 1.45. The summed E-state index contributed by atoms with van der Waals surface area (Å²) < 4.78 is 1.75. The number of anilines is 1. The number of hydrogen-bond donors (Lipinski definition) is 2. The molecule has 0 unspecified atom stereocenters. The average molecular weight is 403 g/mol. The van der Waals surface area contributed by atoms with E-state index >= 15 is 0 Å². The number of benzene rings is 2. The number of fused-ring (bicyclic) bond motifs is 1. The molecule has 1 aromatic heterocycles. The van der Waals surface area contributed by atoms with Crippen molar-refractivity contribution in [3.05, 3.63) is 83.2 Å². The van der Waals surface area contributed by atoms with E-state index in [1.807, 2.05) is 67.7 Å². The number of nitrogens with one attached hydrogen (secondary N) is 2. The minimum atomic E-state index is -0.260. The zero-order valence-corrected chi connectivity index (χ0v) is 17.0. The van der Waals surface area contributed by atoms with Gasteiger partial charge in [-0.05, 0) is 24.1 Å². The highest BCUT2D eigenvalue weighted by molar-refractivity contribution is 6.04. The van der Waals surface area contributed by atoms with Gasteiger partial charge in [0.15, 0.2) is 5.69 Å². The van der Waals surface area contributed by atoms with Gasteiger partial charge in [0.1, 0.15) is 0 Å². The predicted molar refractivity (Wildman–Crippen MR) is 115 cm³/mol. The first-order valence-electron chi connectivity index (χ1n) is 10.1. The van der Waals surface area contributed by atoms with Gasteiger partial charge < -0.3 is 15.5 Å². The monoisotopic (exact) mass is 403 g/mol. The fourth-order valence-electron chi connectivity index (χ4n) is 3.73. The number of carbonyl (C=O) groups is 2. The molecule has 4 rings (SSSR count). The van der Waals surface area contributed by atoms with Gasteiger partial charge in [-0.3, -0.25) is 9.48 Å². The Morgan fingerprint density at radius 1 is 1.03 bits per heavy atom. The molecule has 0 saturated carbocycles. The molecule has 0 aliphatic carbocycles. The molecule has 2 heterocycles. The molecular formula is C23H25N5O2. The van der Waals surface area contributed by atoms with Gasteiger partial charge in [-0.1, -0.05) is 48.5 Å². The lowest BCUT2D eigenvalue weighted by Gasteiger charge is -2.27. The number of nitrogens with zero attached hydrogens (tertiary/aromatic N) is 3. The minimum absolute atomic E-state index is 0.116. The number of urea groups is 1. The van der Waals surface area contributed by atoms with Crippen LogP contribution in [0.4, 0.5) is 10.5 Å². The van der Waals surface area contributed by atoms with Crippen LogP contribution in [0.3, 0.4) is 0 Å². The lowest BCUT2D eigenvalue weighted by Crippen LogP contribution is -2.43. The molecule has 0 fully saturated rings. The first-order chi connectivity index (χ1) is 14.6. The lowest BCUT2D eigenvalue weighted by molar-refractivity contribution is 0.101. The number of amides is 3. The Balaban J connectivity index is 1.41. The van der Waals surface area contributed by atoms with Crippen LogP contribution in [-0.2, 0) is 26.4 Å². The molecule has 154 valence electrons. The zero-order chi connectivity index (χ0) is 20.9. The van der Waals surface area contributed by atoms with Crippen molar-refractivity contribution in [3.63, 3.8) is 0 Å². The summed E-state index contributed by atoms with van der Waals surface area (Å²) in [4.78, 5) is 27.2. The van der Waals surface area contributed by atoms with Crippen LogP contribution in [-0.4, -0.2) is 39.7 Å². The summed E-state index contributed by atoms with van der Waals surface area (Å²) >= 11 is 0. The molecule has 0 atom stereocenters. The van der Waals surface area contributed by atoms with Gasteiger partial charge in [0, 0.05) is 43.5 Å². The molecule has 7 nitrogen and oxygen atoms in total. The maximum Gasteiger partial charge on any atom is 0.317 e. The van der Waals surface area contributed by atoms with E-state index in [0.29, 0.717) is 37.4 Å². The number of aromatic nitrogens is 2. The third-order valence-corrected chi connectivity index (χ3v) is 5.31. The molecule has 30 heavy (non-hydrogen) atoms.